The molecule has 0 aromatic carbocycles. The van der Waals surface area contributed by atoms with Gasteiger partial charge in [-0.2, -0.15) is 0 Å². The fourth-order valence-electron chi connectivity index (χ4n) is 1.45. The van der Waals surface area contributed by atoms with Crippen molar-refractivity contribution in [2.75, 3.05) is 12.0 Å². The Bertz CT molecular complexity index is 355. The molecule has 3 nitrogen and oxygen atoms in total. The quantitative estimate of drug-likeness (QED) is 0.822. The zero-order valence-corrected chi connectivity index (χ0v) is 11.0. The molecule has 0 saturated carbocycles. The van der Waals surface area contributed by atoms with Gasteiger partial charge in [0.25, 0.3) is 0 Å². The molecular weight excluding hydrogens is 220 g/mol. The molecular formula is C12H20N2OS. The molecule has 16 heavy (non-hydrogen) atoms. The number of rotatable bonds is 6. The van der Waals surface area contributed by atoms with Crippen molar-refractivity contribution in [1.82, 2.24) is 10.3 Å². The van der Waals surface area contributed by atoms with E-state index in [1.165, 1.54) is 11.1 Å². The van der Waals surface area contributed by atoms with Gasteiger partial charge in [0.15, 0.2) is 0 Å². The number of hydrogen-bond donors (Lipinski definition) is 1. The summed E-state index contributed by atoms with van der Waals surface area (Å²) in [6, 6.07) is 2.52. The SMILES string of the molecule is Cc1cncc(CNC(C)CCS(C)=O)c1. The van der Waals surface area contributed by atoms with Gasteiger partial charge in [-0.25, -0.2) is 0 Å². The Kier molecular flexibility index (Phi) is 5.63. The lowest BCUT2D eigenvalue weighted by atomic mass is 10.2. The number of aryl methyl sites for hydroxylation is 1. The maximum absolute atomic E-state index is 10.9. The molecule has 0 saturated heterocycles. The molecule has 0 radical (unpaired) electrons. The minimum absolute atomic E-state index is 0.393. The van der Waals surface area contributed by atoms with E-state index in [0.29, 0.717) is 6.04 Å². The van der Waals surface area contributed by atoms with Crippen LogP contribution in [0.4, 0.5) is 0 Å². The first kappa shape index (κ1) is 13.3. The van der Waals surface area contributed by atoms with Crippen LogP contribution in [0.3, 0.4) is 0 Å². The second kappa shape index (κ2) is 6.76. The summed E-state index contributed by atoms with van der Waals surface area (Å²) < 4.78 is 10.9. The van der Waals surface area contributed by atoms with Gasteiger partial charge in [-0.1, -0.05) is 6.07 Å². The van der Waals surface area contributed by atoms with Crippen LogP contribution in [0.25, 0.3) is 0 Å². The highest BCUT2D eigenvalue weighted by Gasteiger charge is 2.03. The highest BCUT2D eigenvalue weighted by molar-refractivity contribution is 7.84. The van der Waals surface area contributed by atoms with Crippen LogP contribution in [0.5, 0.6) is 0 Å². The third kappa shape index (κ3) is 5.37. The maximum Gasteiger partial charge on any atom is 0.0313 e. The van der Waals surface area contributed by atoms with Gasteiger partial charge in [-0.3, -0.25) is 9.19 Å². The summed E-state index contributed by atoms with van der Waals surface area (Å²) in [6.45, 7) is 4.99. The van der Waals surface area contributed by atoms with Gasteiger partial charge in [-0.15, -0.1) is 0 Å². The van der Waals surface area contributed by atoms with Crippen molar-refractivity contribution in [3.05, 3.63) is 29.6 Å². The molecule has 0 bridgehead atoms. The van der Waals surface area contributed by atoms with E-state index >= 15 is 0 Å². The highest BCUT2D eigenvalue weighted by Crippen LogP contribution is 2.02. The predicted octanol–water partition coefficient (Wildman–Crippen LogP) is 1.64. The summed E-state index contributed by atoms with van der Waals surface area (Å²) in [6.07, 6.45) is 6.43. The molecule has 0 fully saturated rings. The molecule has 0 amide bonds. The van der Waals surface area contributed by atoms with Crippen LogP contribution in [0, 0.1) is 6.92 Å². The summed E-state index contributed by atoms with van der Waals surface area (Å²) in [5.74, 6) is 0.764. The largest absolute Gasteiger partial charge is 0.310 e. The maximum atomic E-state index is 10.9. The van der Waals surface area contributed by atoms with E-state index in [4.69, 9.17) is 0 Å². The number of aromatic nitrogens is 1. The van der Waals surface area contributed by atoms with Crippen LogP contribution in [0.2, 0.25) is 0 Å². The smallest absolute Gasteiger partial charge is 0.0313 e. The Morgan fingerprint density at radius 2 is 2.25 bits per heavy atom. The lowest BCUT2D eigenvalue weighted by Crippen LogP contribution is -2.27. The van der Waals surface area contributed by atoms with E-state index in [-0.39, 0.29) is 0 Å². The molecule has 1 rings (SSSR count). The Morgan fingerprint density at radius 3 is 2.88 bits per heavy atom. The molecule has 1 aromatic rings. The van der Waals surface area contributed by atoms with Gasteiger partial charge in [0.1, 0.15) is 0 Å². The van der Waals surface area contributed by atoms with Crippen molar-refractivity contribution in [3.63, 3.8) is 0 Å². The van der Waals surface area contributed by atoms with Crippen molar-refractivity contribution >= 4 is 10.8 Å². The number of pyridine rings is 1. The average molecular weight is 240 g/mol. The Labute approximate surface area is 100 Å². The van der Waals surface area contributed by atoms with E-state index in [1.54, 1.807) is 6.26 Å². The van der Waals surface area contributed by atoms with Gasteiger partial charge >= 0.3 is 0 Å². The van der Waals surface area contributed by atoms with Crippen molar-refractivity contribution in [2.45, 2.75) is 32.9 Å². The van der Waals surface area contributed by atoms with Gasteiger partial charge in [0, 0.05) is 47.8 Å². The summed E-state index contributed by atoms with van der Waals surface area (Å²) in [5.41, 5.74) is 2.38. The molecule has 1 aromatic heterocycles. The van der Waals surface area contributed by atoms with E-state index in [9.17, 15) is 4.21 Å². The predicted molar refractivity (Wildman–Crippen MR) is 68.8 cm³/mol. The molecule has 0 aliphatic carbocycles. The Morgan fingerprint density at radius 1 is 1.50 bits per heavy atom. The molecule has 1 N–H and O–H groups in total. The Balaban J connectivity index is 2.31. The van der Waals surface area contributed by atoms with Crippen LogP contribution < -0.4 is 5.32 Å². The number of hydrogen-bond acceptors (Lipinski definition) is 3. The Hall–Kier alpha value is -0.740. The third-order valence-corrected chi connectivity index (χ3v) is 3.24. The fraction of sp³-hybridized carbons (Fsp3) is 0.583. The normalized spacial score (nSPS) is 14.7. The molecule has 0 aliphatic rings. The first-order valence-corrected chi connectivity index (χ1v) is 7.24. The molecule has 2 unspecified atom stereocenters. The summed E-state index contributed by atoms with van der Waals surface area (Å²) >= 11 is 0. The fourth-order valence-corrected chi connectivity index (χ4v) is 2.14. The second-order valence-corrected chi connectivity index (χ2v) is 5.77. The van der Waals surface area contributed by atoms with Crippen molar-refractivity contribution in [2.24, 2.45) is 0 Å². The first-order valence-electron chi connectivity index (χ1n) is 5.52. The first-order chi connectivity index (χ1) is 7.58. The van der Waals surface area contributed by atoms with Crippen molar-refractivity contribution in [3.8, 4) is 0 Å². The lowest BCUT2D eigenvalue weighted by Gasteiger charge is -2.12. The van der Waals surface area contributed by atoms with E-state index in [0.717, 1.165) is 18.7 Å². The minimum atomic E-state index is -0.690. The van der Waals surface area contributed by atoms with Gasteiger partial charge < -0.3 is 5.32 Å². The van der Waals surface area contributed by atoms with Crippen LogP contribution in [-0.4, -0.2) is 27.2 Å². The van der Waals surface area contributed by atoms with E-state index < -0.39 is 10.8 Å². The highest BCUT2D eigenvalue weighted by atomic mass is 32.2. The lowest BCUT2D eigenvalue weighted by molar-refractivity contribution is 0.534. The van der Waals surface area contributed by atoms with Crippen molar-refractivity contribution in [1.29, 1.82) is 0 Å². The molecule has 4 heteroatoms. The van der Waals surface area contributed by atoms with Gasteiger partial charge in [0.05, 0.1) is 0 Å². The van der Waals surface area contributed by atoms with Gasteiger partial charge in [0.2, 0.25) is 0 Å². The summed E-state index contributed by atoms with van der Waals surface area (Å²) in [5, 5.41) is 3.41. The number of nitrogens with zero attached hydrogens (tertiary/aromatic N) is 1. The van der Waals surface area contributed by atoms with E-state index in [2.05, 4.69) is 23.3 Å². The number of nitrogens with one attached hydrogen (secondary N) is 1. The van der Waals surface area contributed by atoms with Crippen LogP contribution in [0.15, 0.2) is 18.5 Å². The third-order valence-electron chi connectivity index (χ3n) is 2.42. The van der Waals surface area contributed by atoms with Crippen LogP contribution >= 0.6 is 0 Å². The molecule has 90 valence electrons. The average Bonchev–Trinajstić information content (AvgIpc) is 2.23. The molecule has 0 aliphatic heterocycles. The molecule has 1 heterocycles. The monoisotopic (exact) mass is 240 g/mol. The summed E-state index contributed by atoms with van der Waals surface area (Å²) in [4.78, 5) is 4.15. The van der Waals surface area contributed by atoms with E-state index in [1.807, 2.05) is 19.3 Å². The van der Waals surface area contributed by atoms with Gasteiger partial charge in [-0.05, 0) is 31.4 Å². The minimum Gasteiger partial charge on any atom is -0.310 e. The molecule has 2 atom stereocenters. The van der Waals surface area contributed by atoms with Crippen molar-refractivity contribution < 1.29 is 4.21 Å². The molecule has 0 spiro atoms. The zero-order chi connectivity index (χ0) is 12.0. The summed E-state index contributed by atoms with van der Waals surface area (Å²) in [7, 11) is -0.690. The topological polar surface area (TPSA) is 42.0 Å². The van der Waals surface area contributed by atoms with Crippen LogP contribution in [-0.2, 0) is 17.3 Å². The zero-order valence-electron chi connectivity index (χ0n) is 10.2. The second-order valence-electron chi connectivity index (χ2n) is 4.22. The standard InChI is InChI=1S/C12H20N2OS/c1-10-6-12(8-13-7-10)9-14-11(2)4-5-16(3)15/h6-8,11,14H,4-5,9H2,1-3H3. The van der Waals surface area contributed by atoms with Crippen LogP contribution in [0.1, 0.15) is 24.5 Å².